The van der Waals surface area contributed by atoms with Crippen LogP contribution in [0.1, 0.15) is 5.56 Å². The molecule has 9 heteroatoms. The van der Waals surface area contributed by atoms with Gasteiger partial charge in [0.2, 0.25) is 11.6 Å². The van der Waals surface area contributed by atoms with E-state index in [0.717, 1.165) is 11.3 Å². The molecule has 0 aliphatic carbocycles. The van der Waals surface area contributed by atoms with E-state index in [9.17, 15) is 9.59 Å². The quantitative estimate of drug-likeness (QED) is 0.482. The van der Waals surface area contributed by atoms with Crippen LogP contribution >= 0.6 is 11.8 Å². The summed E-state index contributed by atoms with van der Waals surface area (Å²) >= 11 is 1.22. The van der Waals surface area contributed by atoms with E-state index in [2.05, 4.69) is 15.5 Å². The van der Waals surface area contributed by atoms with E-state index in [0.29, 0.717) is 16.6 Å². The summed E-state index contributed by atoms with van der Waals surface area (Å²) in [7, 11) is 1.59. The zero-order chi connectivity index (χ0) is 21.1. The standard InChI is InChI=1S/C21H19N5O3S/c1-14-4-3-5-15(12-14)22-18(27)13-30-21-24-23-19-20(28)25(10-11-26(19)21)16-6-8-17(29-2)9-7-16/h3-12H,13H2,1-2H3,(H,22,27). The molecule has 0 aliphatic heterocycles. The molecule has 0 radical (unpaired) electrons. The number of ether oxygens (including phenoxy) is 1. The number of carbonyl (C=O) groups excluding carboxylic acids is 1. The Balaban J connectivity index is 1.51. The Kier molecular flexibility index (Phi) is 5.53. The Morgan fingerprint density at radius 1 is 1.13 bits per heavy atom. The third-order valence-electron chi connectivity index (χ3n) is 4.42. The van der Waals surface area contributed by atoms with Crippen molar-refractivity contribution in [1.29, 1.82) is 0 Å². The largest absolute Gasteiger partial charge is 0.497 e. The first kappa shape index (κ1) is 19.7. The Morgan fingerprint density at radius 3 is 2.67 bits per heavy atom. The number of aryl methyl sites for hydroxylation is 1. The van der Waals surface area contributed by atoms with Gasteiger partial charge in [-0.2, -0.15) is 0 Å². The Morgan fingerprint density at radius 2 is 1.93 bits per heavy atom. The molecule has 4 rings (SSSR count). The number of rotatable bonds is 6. The van der Waals surface area contributed by atoms with Crippen molar-refractivity contribution in [1.82, 2.24) is 19.2 Å². The van der Waals surface area contributed by atoms with Crippen molar-refractivity contribution < 1.29 is 9.53 Å². The number of nitrogens with zero attached hydrogens (tertiary/aromatic N) is 4. The minimum absolute atomic E-state index is 0.149. The summed E-state index contributed by atoms with van der Waals surface area (Å²) < 4.78 is 8.23. The molecule has 152 valence electrons. The van der Waals surface area contributed by atoms with Crippen molar-refractivity contribution in [3.05, 3.63) is 76.8 Å². The smallest absolute Gasteiger partial charge is 0.300 e. The van der Waals surface area contributed by atoms with Crippen molar-refractivity contribution in [2.45, 2.75) is 12.1 Å². The molecule has 0 aliphatic rings. The lowest BCUT2D eigenvalue weighted by Gasteiger charge is -2.07. The van der Waals surface area contributed by atoms with Crippen molar-refractivity contribution in [2.75, 3.05) is 18.2 Å². The topological polar surface area (TPSA) is 90.5 Å². The minimum atomic E-state index is -0.300. The van der Waals surface area contributed by atoms with Gasteiger partial charge in [-0.3, -0.25) is 18.6 Å². The fraction of sp³-hybridized carbons (Fsp3) is 0.143. The Labute approximate surface area is 176 Å². The number of thioether (sulfide) groups is 1. The van der Waals surface area contributed by atoms with Crippen LogP contribution < -0.4 is 15.6 Å². The minimum Gasteiger partial charge on any atom is -0.497 e. The molecule has 1 N–H and O–H groups in total. The fourth-order valence-electron chi connectivity index (χ4n) is 2.96. The van der Waals surface area contributed by atoms with E-state index in [1.165, 1.54) is 16.3 Å². The maximum atomic E-state index is 12.8. The highest BCUT2D eigenvalue weighted by atomic mass is 32.2. The molecule has 0 atom stereocenters. The van der Waals surface area contributed by atoms with Crippen LogP contribution in [0.25, 0.3) is 11.3 Å². The van der Waals surface area contributed by atoms with Crippen LogP contribution in [0, 0.1) is 6.92 Å². The van der Waals surface area contributed by atoms with E-state index >= 15 is 0 Å². The number of fused-ring (bicyclic) bond motifs is 1. The van der Waals surface area contributed by atoms with E-state index in [1.807, 2.05) is 31.2 Å². The first-order valence-corrected chi connectivity index (χ1v) is 10.1. The zero-order valence-electron chi connectivity index (χ0n) is 16.4. The summed E-state index contributed by atoms with van der Waals surface area (Å²) in [6.45, 7) is 1.96. The van der Waals surface area contributed by atoms with Gasteiger partial charge in [0, 0.05) is 23.8 Å². The molecule has 30 heavy (non-hydrogen) atoms. The van der Waals surface area contributed by atoms with Crippen LogP contribution in [-0.2, 0) is 4.79 Å². The number of hydrogen-bond acceptors (Lipinski definition) is 6. The molecule has 8 nitrogen and oxygen atoms in total. The average molecular weight is 421 g/mol. The number of nitrogens with one attached hydrogen (secondary N) is 1. The molecule has 2 heterocycles. The molecule has 0 unspecified atom stereocenters. The van der Waals surface area contributed by atoms with Gasteiger partial charge in [-0.25, -0.2) is 0 Å². The number of amides is 1. The third-order valence-corrected chi connectivity index (χ3v) is 5.37. The molecule has 0 spiro atoms. The molecule has 2 aromatic heterocycles. The van der Waals surface area contributed by atoms with Crippen LogP contribution in [0.2, 0.25) is 0 Å². The molecular weight excluding hydrogens is 402 g/mol. The SMILES string of the molecule is COc1ccc(-n2ccn3c(SCC(=O)Nc4cccc(C)c4)nnc3c2=O)cc1. The van der Waals surface area contributed by atoms with E-state index < -0.39 is 0 Å². The molecular formula is C21H19N5O3S. The van der Waals surface area contributed by atoms with E-state index in [4.69, 9.17) is 4.74 Å². The first-order valence-electron chi connectivity index (χ1n) is 9.15. The van der Waals surface area contributed by atoms with Gasteiger partial charge in [-0.15, -0.1) is 10.2 Å². The third kappa shape index (κ3) is 4.06. The zero-order valence-corrected chi connectivity index (χ0v) is 17.2. The lowest BCUT2D eigenvalue weighted by atomic mass is 10.2. The first-order chi connectivity index (χ1) is 14.5. The van der Waals surface area contributed by atoms with Gasteiger partial charge in [0.15, 0.2) is 5.16 Å². The summed E-state index contributed by atoms with van der Waals surface area (Å²) in [5.74, 6) is 0.697. The molecule has 0 saturated carbocycles. The highest BCUT2D eigenvalue weighted by Gasteiger charge is 2.13. The monoisotopic (exact) mass is 421 g/mol. The second-order valence-corrected chi connectivity index (χ2v) is 7.50. The number of hydrogen-bond donors (Lipinski definition) is 1. The number of methoxy groups -OCH3 is 1. The van der Waals surface area contributed by atoms with Gasteiger partial charge >= 0.3 is 5.56 Å². The summed E-state index contributed by atoms with van der Waals surface area (Å²) in [4.78, 5) is 25.1. The highest BCUT2D eigenvalue weighted by Crippen LogP contribution is 2.18. The second-order valence-electron chi connectivity index (χ2n) is 6.55. The number of benzene rings is 2. The van der Waals surface area contributed by atoms with Gasteiger partial charge in [0.25, 0.3) is 0 Å². The number of carbonyl (C=O) groups is 1. The molecule has 0 saturated heterocycles. The molecule has 0 fully saturated rings. The lowest BCUT2D eigenvalue weighted by molar-refractivity contribution is -0.113. The van der Waals surface area contributed by atoms with Gasteiger partial charge in [0.1, 0.15) is 5.75 Å². The van der Waals surface area contributed by atoms with Gasteiger partial charge in [-0.05, 0) is 48.9 Å². The van der Waals surface area contributed by atoms with Crippen LogP contribution in [0.3, 0.4) is 0 Å². The van der Waals surface area contributed by atoms with E-state index in [1.54, 1.807) is 48.2 Å². The van der Waals surface area contributed by atoms with Crippen molar-refractivity contribution in [2.24, 2.45) is 0 Å². The summed E-state index contributed by atoms with van der Waals surface area (Å²) in [5.41, 5.74) is 2.39. The van der Waals surface area contributed by atoms with E-state index in [-0.39, 0.29) is 22.9 Å². The Hall–Kier alpha value is -3.59. The molecule has 1 amide bonds. The summed E-state index contributed by atoms with van der Waals surface area (Å²) in [6, 6.07) is 14.7. The summed E-state index contributed by atoms with van der Waals surface area (Å²) in [5, 5.41) is 11.4. The van der Waals surface area contributed by atoms with Gasteiger partial charge < -0.3 is 10.1 Å². The lowest BCUT2D eigenvalue weighted by Crippen LogP contribution is -2.20. The maximum absolute atomic E-state index is 12.8. The molecule has 4 aromatic rings. The number of aromatic nitrogens is 4. The normalized spacial score (nSPS) is 10.9. The summed E-state index contributed by atoms with van der Waals surface area (Å²) in [6.07, 6.45) is 3.36. The fourth-order valence-corrected chi connectivity index (χ4v) is 3.68. The van der Waals surface area contributed by atoms with Crippen LogP contribution in [0.15, 0.2) is 70.9 Å². The molecule has 0 bridgehead atoms. The van der Waals surface area contributed by atoms with Crippen molar-refractivity contribution >= 4 is 29.0 Å². The predicted molar refractivity (Wildman–Crippen MR) is 116 cm³/mol. The van der Waals surface area contributed by atoms with Gasteiger partial charge in [-0.1, -0.05) is 23.9 Å². The Bertz CT molecular complexity index is 1260. The predicted octanol–water partition coefficient (Wildman–Crippen LogP) is 2.93. The number of anilines is 1. The maximum Gasteiger partial charge on any atom is 0.300 e. The highest BCUT2D eigenvalue weighted by molar-refractivity contribution is 7.99. The van der Waals surface area contributed by atoms with Crippen molar-refractivity contribution in [3.8, 4) is 11.4 Å². The van der Waals surface area contributed by atoms with Crippen LogP contribution in [0.5, 0.6) is 5.75 Å². The van der Waals surface area contributed by atoms with Crippen LogP contribution in [-0.4, -0.2) is 37.9 Å². The second kappa shape index (κ2) is 8.42. The average Bonchev–Trinajstić information content (AvgIpc) is 3.17. The van der Waals surface area contributed by atoms with Gasteiger partial charge in [0.05, 0.1) is 12.9 Å². The molecule has 2 aromatic carbocycles. The van der Waals surface area contributed by atoms with Crippen molar-refractivity contribution in [3.63, 3.8) is 0 Å². The van der Waals surface area contributed by atoms with Crippen LogP contribution in [0.4, 0.5) is 5.69 Å².